The standard InChI is InChI=1S/C38H45N3O5S/c1-6-30(5)39-38(43)36(25-31-14-9-8-10-15-31)40(26-32-16-12-11-13-29(32)4)37(42)27-41(33-19-17-28(3)18-20-33)47(44,45)35-23-21-34(22-24-35)46-7-2/h8-24,30,36H,6-7,25-27H2,1-5H3,(H,39,43)/t30-,36-/m1/s1. The van der Waals surface area contributed by atoms with Crippen LogP contribution in [0.25, 0.3) is 0 Å². The van der Waals surface area contributed by atoms with Crippen LogP contribution < -0.4 is 14.4 Å². The summed E-state index contributed by atoms with van der Waals surface area (Å²) in [6.45, 7) is 9.70. The van der Waals surface area contributed by atoms with Crippen molar-refractivity contribution in [3.8, 4) is 5.75 Å². The molecule has 4 rings (SSSR count). The van der Waals surface area contributed by atoms with Crippen LogP contribution in [0.4, 0.5) is 5.69 Å². The molecule has 248 valence electrons. The third-order valence-corrected chi connectivity index (χ3v) is 9.99. The summed E-state index contributed by atoms with van der Waals surface area (Å²) in [6, 6.07) is 29.4. The van der Waals surface area contributed by atoms with Crippen LogP contribution in [-0.4, -0.2) is 50.4 Å². The number of nitrogens with zero attached hydrogens (tertiary/aromatic N) is 2. The Morgan fingerprint density at radius 1 is 0.830 bits per heavy atom. The molecule has 47 heavy (non-hydrogen) atoms. The zero-order valence-electron chi connectivity index (χ0n) is 27.8. The molecule has 0 saturated heterocycles. The summed E-state index contributed by atoms with van der Waals surface area (Å²) in [4.78, 5) is 30.2. The fourth-order valence-electron chi connectivity index (χ4n) is 5.21. The topological polar surface area (TPSA) is 96.0 Å². The highest BCUT2D eigenvalue weighted by molar-refractivity contribution is 7.92. The first kappa shape index (κ1) is 35.2. The molecule has 1 N–H and O–H groups in total. The largest absolute Gasteiger partial charge is 0.494 e. The van der Waals surface area contributed by atoms with Crippen molar-refractivity contribution in [3.63, 3.8) is 0 Å². The minimum absolute atomic E-state index is 0.0233. The number of carbonyl (C=O) groups excluding carboxylic acids is 2. The van der Waals surface area contributed by atoms with E-state index in [9.17, 15) is 18.0 Å². The molecular formula is C38H45N3O5S. The molecule has 0 fully saturated rings. The Labute approximate surface area is 279 Å². The first-order valence-corrected chi connectivity index (χ1v) is 17.5. The van der Waals surface area contributed by atoms with Gasteiger partial charge in [-0.2, -0.15) is 0 Å². The minimum Gasteiger partial charge on any atom is -0.494 e. The van der Waals surface area contributed by atoms with Gasteiger partial charge in [0, 0.05) is 19.0 Å². The highest BCUT2D eigenvalue weighted by Gasteiger charge is 2.35. The van der Waals surface area contributed by atoms with Gasteiger partial charge in [-0.3, -0.25) is 13.9 Å². The number of hydrogen-bond donors (Lipinski definition) is 1. The van der Waals surface area contributed by atoms with E-state index >= 15 is 0 Å². The van der Waals surface area contributed by atoms with Crippen LogP contribution in [0.2, 0.25) is 0 Å². The Hall–Kier alpha value is -4.63. The maximum Gasteiger partial charge on any atom is 0.264 e. The molecule has 0 radical (unpaired) electrons. The van der Waals surface area contributed by atoms with Crippen LogP contribution in [0.3, 0.4) is 0 Å². The van der Waals surface area contributed by atoms with Gasteiger partial charge in [-0.25, -0.2) is 8.42 Å². The third kappa shape index (κ3) is 9.23. The number of anilines is 1. The zero-order valence-corrected chi connectivity index (χ0v) is 28.7. The average molecular weight is 656 g/mol. The summed E-state index contributed by atoms with van der Waals surface area (Å²) < 4.78 is 35.2. The lowest BCUT2D eigenvalue weighted by Crippen LogP contribution is -2.54. The number of carbonyl (C=O) groups is 2. The first-order chi connectivity index (χ1) is 22.5. The predicted octanol–water partition coefficient (Wildman–Crippen LogP) is 6.45. The van der Waals surface area contributed by atoms with Crippen LogP contribution in [0.5, 0.6) is 5.75 Å². The number of sulfonamides is 1. The maximum atomic E-state index is 14.6. The van der Waals surface area contributed by atoms with Gasteiger partial charge in [-0.05, 0) is 87.2 Å². The second-order valence-corrected chi connectivity index (χ2v) is 13.6. The lowest BCUT2D eigenvalue weighted by atomic mass is 10.0. The van der Waals surface area contributed by atoms with Crippen molar-refractivity contribution in [2.24, 2.45) is 0 Å². The molecule has 0 saturated carbocycles. The van der Waals surface area contributed by atoms with Gasteiger partial charge in [0.25, 0.3) is 10.0 Å². The van der Waals surface area contributed by atoms with Crippen LogP contribution in [-0.2, 0) is 32.6 Å². The number of benzene rings is 4. The van der Waals surface area contributed by atoms with Crippen molar-refractivity contribution in [2.45, 2.75) is 71.0 Å². The van der Waals surface area contributed by atoms with Crippen molar-refractivity contribution < 1.29 is 22.7 Å². The number of rotatable bonds is 15. The Morgan fingerprint density at radius 3 is 2.09 bits per heavy atom. The SMILES string of the molecule is CCOc1ccc(S(=O)(=O)N(CC(=O)N(Cc2ccccc2C)[C@H](Cc2ccccc2)C(=O)N[C@H](C)CC)c2ccc(C)cc2)cc1. The van der Waals surface area contributed by atoms with Crippen LogP contribution >= 0.6 is 0 Å². The molecule has 0 aliphatic heterocycles. The second-order valence-electron chi connectivity index (χ2n) is 11.7. The number of ether oxygens (including phenoxy) is 1. The van der Waals surface area contributed by atoms with Crippen LogP contribution in [0.15, 0.2) is 108 Å². The Balaban J connectivity index is 1.80. The summed E-state index contributed by atoms with van der Waals surface area (Å²) in [5.41, 5.74) is 4.01. The van der Waals surface area contributed by atoms with Crippen LogP contribution in [0.1, 0.15) is 49.4 Å². The van der Waals surface area contributed by atoms with Gasteiger partial charge < -0.3 is 15.0 Å². The third-order valence-electron chi connectivity index (χ3n) is 8.20. The van der Waals surface area contributed by atoms with Gasteiger partial charge in [0.15, 0.2) is 0 Å². The Morgan fingerprint density at radius 2 is 1.47 bits per heavy atom. The van der Waals surface area contributed by atoms with Gasteiger partial charge in [0.2, 0.25) is 11.8 Å². The summed E-state index contributed by atoms with van der Waals surface area (Å²) in [7, 11) is -4.21. The van der Waals surface area contributed by atoms with Gasteiger partial charge in [0.05, 0.1) is 17.2 Å². The molecule has 9 heteroatoms. The molecule has 0 spiro atoms. The normalized spacial score (nSPS) is 12.5. The summed E-state index contributed by atoms with van der Waals surface area (Å²) >= 11 is 0. The maximum absolute atomic E-state index is 14.6. The zero-order chi connectivity index (χ0) is 34.0. The summed E-state index contributed by atoms with van der Waals surface area (Å²) in [5.74, 6) is -0.241. The second kappa shape index (κ2) is 16.3. The predicted molar refractivity (Wildman–Crippen MR) is 187 cm³/mol. The smallest absolute Gasteiger partial charge is 0.264 e. The van der Waals surface area contributed by atoms with E-state index in [1.54, 1.807) is 24.3 Å². The molecule has 0 bridgehead atoms. The van der Waals surface area contributed by atoms with E-state index in [2.05, 4.69) is 5.32 Å². The summed E-state index contributed by atoms with van der Waals surface area (Å²) in [6.07, 6.45) is 0.980. The van der Waals surface area contributed by atoms with E-state index < -0.39 is 28.5 Å². The molecule has 4 aromatic carbocycles. The van der Waals surface area contributed by atoms with E-state index in [1.165, 1.54) is 17.0 Å². The highest BCUT2D eigenvalue weighted by atomic mass is 32.2. The molecule has 0 aromatic heterocycles. The monoisotopic (exact) mass is 655 g/mol. The van der Waals surface area contributed by atoms with Gasteiger partial charge in [-0.15, -0.1) is 0 Å². The van der Waals surface area contributed by atoms with Crippen molar-refractivity contribution in [1.29, 1.82) is 0 Å². The quantitative estimate of drug-likeness (QED) is 0.159. The van der Waals surface area contributed by atoms with Gasteiger partial charge in [0.1, 0.15) is 18.3 Å². The molecular weight excluding hydrogens is 611 g/mol. The number of nitrogens with one attached hydrogen (secondary N) is 1. The minimum atomic E-state index is -4.21. The number of hydrogen-bond acceptors (Lipinski definition) is 5. The van der Waals surface area contributed by atoms with Crippen molar-refractivity contribution >= 4 is 27.5 Å². The molecule has 0 aliphatic carbocycles. The van der Waals surface area contributed by atoms with Crippen molar-refractivity contribution in [3.05, 3.63) is 125 Å². The fraction of sp³-hybridized carbons (Fsp3) is 0.316. The molecule has 0 aliphatic rings. The van der Waals surface area contributed by atoms with Gasteiger partial charge in [-0.1, -0.05) is 79.2 Å². The van der Waals surface area contributed by atoms with E-state index in [-0.39, 0.29) is 29.8 Å². The van der Waals surface area contributed by atoms with Crippen LogP contribution in [0, 0.1) is 13.8 Å². The van der Waals surface area contributed by atoms with E-state index in [4.69, 9.17) is 4.74 Å². The van der Waals surface area contributed by atoms with Crippen molar-refractivity contribution in [1.82, 2.24) is 10.2 Å². The highest BCUT2D eigenvalue weighted by Crippen LogP contribution is 2.27. The lowest BCUT2D eigenvalue weighted by molar-refractivity contribution is -0.140. The first-order valence-electron chi connectivity index (χ1n) is 16.0. The van der Waals surface area contributed by atoms with E-state index in [0.717, 1.165) is 33.0 Å². The molecule has 2 amide bonds. The van der Waals surface area contributed by atoms with Crippen molar-refractivity contribution in [2.75, 3.05) is 17.5 Å². The Kier molecular flexibility index (Phi) is 12.2. The molecule has 0 unspecified atom stereocenters. The average Bonchev–Trinajstić information content (AvgIpc) is 3.07. The fourth-order valence-corrected chi connectivity index (χ4v) is 6.62. The van der Waals surface area contributed by atoms with E-state index in [0.29, 0.717) is 18.0 Å². The lowest BCUT2D eigenvalue weighted by Gasteiger charge is -2.34. The van der Waals surface area contributed by atoms with Gasteiger partial charge >= 0.3 is 0 Å². The summed E-state index contributed by atoms with van der Waals surface area (Å²) in [5, 5.41) is 3.07. The van der Waals surface area contributed by atoms with E-state index in [1.807, 2.05) is 101 Å². The Bertz CT molecular complexity index is 1730. The molecule has 8 nitrogen and oxygen atoms in total. The number of amides is 2. The molecule has 0 heterocycles. The molecule has 4 aromatic rings. The molecule has 2 atom stereocenters. The number of aryl methyl sites for hydroxylation is 2.